The average molecular weight is 378 g/mol. The van der Waals surface area contributed by atoms with E-state index in [1.807, 2.05) is 78.9 Å². The normalized spacial score (nSPS) is 12.4. The van der Waals surface area contributed by atoms with Crippen LogP contribution in [0.3, 0.4) is 0 Å². The molecule has 0 bridgehead atoms. The van der Waals surface area contributed by atoms with Gasteiger partial charge in [0.25, 0.3) is 0 Å². The van der Waals surface area contributed by atoms with Crippen molar-refractivity contribution in [3.63, 3.8) is 0 Å². The first-order chi connectivity index (χ1) is 13.7. The van der Waals surface area contributed by atoms with E-state index in [1.165, 1.54) is 0 Å². The first kappa shape index (κ1) is 19.9. The minimum Gasteiger partial charge on any atom is -0.497 e. The second-order valence-electron chi connectivity index (χ2n) is 6.66. The fourth-order valence-corrected chi connectivity index (χ4v) is 3.82. The van der Waals surface area contributed by atoms with Crippen molar-refractivity contribution < 1.29 is 19.7 Å². The van der Waals surface area contributed by atoms with Crippen LogP contribution in [0.4, 0.5) is 0 Å². The molecule has 0 radical (unpaired) electrons. The molecule has 0 heterocycles. The molecule has 0 fully saturated rings. The van der Waals surface area contributed by atoms with Gasteiger partial charge in [-0.2, -0.15) is 0 Å². The highest BCUT2D eigenvalue weighted by atomic mass is 16.5. The number of rotatable bonds is 8. The van der Waals surface area contributed by atoms with Gasteiger partial charge in [-0.3, -0.25) is 0 Å². The zero-order valence-corrected chi connectivity index (χ0v) is 16.2. The highest BCUT2D eigenvalue weighted by Crippen LogP contribution is 2.44. The van der Waals surface area contributed by atoms with Crippen molar-refractivity contribution in [1.29, 1.82) is 0 Å². The lowest BCUT2D eigenvalue weighted by Crippen LogP contribution is -2.42. The molecule has 0 saturated carbocycles. The van der Waals surface area contributed by atoms with E-state index < -0.39 is 11.5 Å². The maximum absolute atomic E-state index is 11.4. The number of benzene rings is 3. The molecule has 1 atom stereocenters. The maximum Gasteiger partial charge on any atom is 0.118 e. The number of methoxy groups -OCH3 is 2. The Morgan fingerprint density at radius 1 is 0.714 bits per heavy atom. The highest BCUT2D eigenvalue weighted by molar-refractivity contribution is 5.53. The number of ether oxygens (including phenoxy) is 2. The predicted molar refractivity (Wildman–Crippen MR) is 110 cm³/mol. The Labute approximate surface area is 166 Å². The van der Waals surface area contributed by atoms with Gasteiger partial charge in [0.1, 0.15) is 11.5 Å². The Morgan fingerprint density at radius 3 is 1.54 bits per heavy atom. The van der Waals surface area contributed by atoms with Crippen molar-refractivity contribution in [1.82, 2.24) is 0 Å². The van der Waals surface area contributed by atoms with Gasteiger partial charge in [0, 0.05) is 6.61 Å². The zero-order valence-electron chi connectivity index (χ0n) is 16.2. The third kappa shape index (κ3) is 3.61. The molecule has 0 spiro atoms. The quantitative estimate of drug-likeness (QED) is 0.586. The summed E-state index contributed by atoms with van der Waals surface area (Å²) in [4.78, 5) is 0. The Bertz CT molecular complexity index is 810. The van der Waals surface area contributed by atoms with Gasteiger partial charge in [-0.15, -0.1) is 0 Å². The van der Waals surface area contributed by atoms with Crippen molar-refractivity contribution in [2.24, 2.45) is 0 Å². The molecule has 0 saturated heterocycles. The Morgan fingerprint density at radius 2 is 1.14 bits per heavy atom. The SMILES string of the molecule is COc1ccc(C(c2ccccc2)(c2ccc(OC)cc2)C(O)CCO)cc1. The van der Waals surface area contributed by atoms with Crippen LogP contribution in [-0.4, -0.2) is 37.1 Å². The molecule has 3 rings (SSSR count). The lowest BCUT2D eigenvalue weighted by Gasteiger charge is -2.40. The molecule has 0 aromatic heterocycles. The van der Waals surface area contributed by atoms with Crippen molar-refractivity contribution in [2.45, 2.75) is 17.9 Å². The van der Waals surface area contributed by atoms with E-state index in [0.29, 0.717) is 0 Å². The highest BCUT2D eigenvalue weighted by Gasteiger charge is 2.42. The van der Waals surface area contributed by atoms with Crippen LogP contribution in [0.2, 0.25) is 0 Å². The molecule has 0 aliphatic rings. The van der Waals surface area contributed by atoms with E-state index in [4.69, 9.17) is 9.47 Å². The Hall–Kier alpha value is -2.82. The number of hydrogen-bond acceptors (Lipinski definition) is 4. The summed E-state index contributed by atoms with van der Waals surface area (Å²) in [6.07, 6.45) is -0.589. The molecule has 0 amide bonds. The minimum absolute atomic E-state index is 0.109. The summed E-state index contributed by atoms with van der Waals surface area (Å²) < 4.78 is 10.6. The van der Waals surface area contributed by atoms with E-state index in [-0.39, 0.29) is 13.0 Å². The molecule has 28 heavy (non-hydrogen) atoms. The zero-order chi connectivity index (χ0) is 20.0. The number of aliphatic hydroxyl groups excluding tert-OH is 2. The lowest BCUT2D eigenvalue weighted by atomic mass is 9.65. The number of hydrogen-bond donors (Lipinski definition) is 2. The van der Waals surface area contributed by atoms with Gasteiger partial charge in [0.05, 0.1) is 25.7 Å². The smallest absolute Gasteiger partial charge is 0.118 e. The van der Waals surface area contributed by atoms with Gasteiger partial charge < -0.3 is 19.7 Å². The summed E-state index contributed by atoms with van der Waals surface area (Å²) in [6, 6.07) is 25.3. The lowest BCUT2D eigenvalue weighted by molar-refractivity contribution is 0.0897. The summed E-state index contributed by atoms with van der Waals surface area (Å²) in [5.41, 5.74) is 1.95. The van der Waals surface area contributed by atoms with Crippen molar-refractivity contribution in [2.75, 3.05) is 20.8 Å². The van der Waals surface area contributed by atoms with Crippen molar-refractivity contribution in [3.8, 4) is 11.5 Å². The predicted octanol–water partition coefficient (Wildman–Crippen LogP) is 3.78. The monoisotopic (exact) mass is 378 g/mol. The standard InChI is InChI=1S/C24H26O4/c1-27-21-12-8-19(9-13-21)24(23(26)16-17-25,18-6-4-3-5-7-18)20-10-14-22(28-2)15-11-20/h3-15,23,25-26H,16-17H2,1-2H3. The summed E-state index contributed by atoms with van der Waals surface area (Å²) >= 11 is 0. The fraction of sp³-hybridized carbons (Fsp3) is 0.250. The van der Waals surface area contributed by atoms with E-state index in [2.05, 4.69) is 0 Å². The summed E-state index contributed by atoms with van der Waals surface area (Å²) in [5.74, 6) is 1.49. The molecule has 3 aromatic rings. The molecular weight excluding hydrogens is 352 g/mol. The van der Waals surface area contributed by atoms with Gasteiger partial charge in [-0.1, -0.05) is 54.6 Å². The van der Waals surface area contributed by atoms with Crippen molar-refractivity contribution in [3.05, 3.63) is 95.6 Å². The van der Waals surface area contributed by atoms with Crippen LogP contribution in [0.1, 0.15) is 23.1 Å². The van der Waals surface area contributed by atoms with Crippen LogP contribution in [0.5, 0.6) is 11.5 Å². The van der Waals surface area contributed by atoms with E-state index in [9.17, 15) is 10.2 Å². The van der Waals surface area contributed by atoms with Crippen LogP contribution >= 0.6 is 0 Å². The van der Waals surface area contributed by atoms with Gasteiger partial charge in [-0.05, 0) is 47.4 Å². The van der Waals surface area contributed by atoms with E-state index >= 15 is 0 Å². The molecule has 3 aromatic carbocycles. The molecule has 4 heteroatoms. The topological polar surface area (TPSA) is 58.9 Å². The second-order valence-corrected chi connectivity index (χ2v) is 6.66. The molecule has 1 unspecified atom stereocenters. The molecule has 2 N–H and O–H groups in total. The number of aliphatic hydroxyl groups is 2. The van der Waals surface area contributed by atoms with Crippen LogP contribution in [0.25, 0.3) is 0 Å². The van der Waals surface area contributed by atoms with Crippen molar-refractivity contribution >= 4 is 0 Å². The fourth-order valence-electron chi connectivity index (χ4n) is 3.82. The van der Waals surface area contributed by atoms with Crippen LogP contribution in [-0.2, 0) is 5.41 Å². The largest absolute Gasteiger partial charge is 0.497 e. The average Bonchev–Trinajstić information content (AvgIpc) is 2.76. The molecule has 146 valence electrons. The van der Waals surface area contributed by atoms with Gasteiger partial charge in [-0.25, -0.2) is 0 Å². The molecular formula is C24H26O4. The van der Waals surface area contributed by atoms with Crippen LogP contribution in [0, 0.1) is 0 Å². The maximum atomic E-state index is 11.4. The van der Waals surface area contributed by atoms with Gasteiger partial charge in [0.15, 0.2) is 0 Å². The first-order valence-corrected chi connectivity index (χ1v) is 9.30. The van der Waals surface area contributed by atoms with Crippen LogP contribution < -0.4 is 9.47 Å². The minimum atomic E-state index is -0.845. The van der Waals surface area contributed by atoms with Gasteiger partial charge in [0.2, 0.25) is 0 Å². The third-order valence-corrected chi connectivity index (χ3v) is 5.22. The molecule has 4 nitrogen and oxygen atoms in total. The van der Waals surface area contributed by atoms with E-state index in [1.54, 1.807) is 14.2 Å². The third-order valence-electron chi connectivity index (χ3n) is 5.22. The summed E-state index contributed by atoms with van der Waals surface area (Å²) in [5, 5.41) is 21.0. The van der Waals surface area contributed by atoms with E-state index in [0.717, 1.165) is 28.2 Å². The molecule has 0 aliphatic carbocycles. The van der Waals surface area contributed by atoms with Gasteiger partial charge >= 0.3 is 0 Å². The Kier molecular flexibility index (Phi) is 6.34. The Balaban J connectivity index is 2.29. The summed E-state index contributed by atoms with van der Waals surface area (Å²) in [7, 11) is 3.26. The van der Waals surface area contributed by atoms with Crippen LogP contribution in [0.15, 0.2) is 78.9 Å². The summed E-state index contributed by atoms with van der Waals surface area (Å²) in [6.45, 7) is -0.109. The first-order valence-electron chi connectivity index (χ1n) is 9.30. The second kappa shape index (κ2) is 8.91. The molecule has 0 aliphatic heterocycles.